The van der Waals surface area contributed by atoms with Crippen LogP contribution in [0.25, 0.3) is 0 Å². The second-order valence-electron chi connectivity index (χ2n) is 13.1. The first-order valence-corrected chi connectivity index (χ1v) is 19.8. The third-order valence-electron chi connectivity index (χ3n) is 9.54. The van der Waals surface area contributed by atoms with Gasteiger partial charge in [-0.15, -0.1) is 11.8 Å². The summed E-state index contributed by atoms with van der Waals surface area (Å²) >= 11 is 3.79. The Labute approximate surface area is 339 Å². The number of dihydropyridines is 1. The number of rotatable bonds is 8. The average molecular weight is 819 g/mol. The van der Waals surface area contributed by atoms with Gasteiger partial charge >= 0.3 is 23.9 Å². The predicted octanol–water partition coefficient (Wildman–Crippen LogP) is 6.29. The smallest absolute Gasteiger partial charge is 0.336 e. The van der Waals surface area contributed by atoms with E-state index in [9.17, 15) is 29.3 Å². The second kappa shape index (κ2) is 20.7. The van der Waals surface area contributed by atoms with E-state index in [-0.39, 0.29) is 22.4 Å². The molecule has 3 N–H and O–H groups in total. The molecule has 1 unspecified atom stereocenters. The molecule has 3 aromatic rings. The number of piperazine rings is 1. The summed E-state index contributed by atoms with van der Waals surface area (Å²) in [6.07, 6.45) is 4.41. The van der Waals surface area contributed by atoms with E-state index < -0.39 is 34.7 Å². The quantitative estimate of drug-likeness (QED) is 0.0756. The van der Waals surface area contributed by atoms with Crippen LogP contribution in [0.15, 0.2) is 116 Å². The summed E-state index contributed by atoms with van der Waals surface area (Å²) in [7, 11) is 4.65. The van der Waals surface area contributed by atoms with Crippen LogP contribution in [0.4, 0.5) is 5.69 Å². The lowest BCUT2D eigenvalue weighted by atomic mass is 9.79. The van der Waals surface area contributed by atoms with E-state index in [4.69, 9.17) is 19.7 Å². The summed E-state index contributed by atoms with van der Waals surface area (Å²) in [5.41, 5.74) is 4.21. The molecule has 0 aromatic heterocycles. The lowest BCUT2D eigenvalue weighted by Gasteiger charge is -2.38. The number of fused-ring (bicyclic) bond motifs is 2. The van der Waals surface area contributed by atoms with E-state index in [1.165, 1.54) is 71.3 Å². The van der Waals surface area contributed by atoms with Crippen molar-refractivity contribution in [2.45, 2.75) is 46.9 Å². The van der Waals surface area contributed by atoms with Gasteiger partial charge < -0.3 is 29.9 Å². The normalized spacial score (nSPS) is 17.1. The fourth-order valence-corrected chi connectivity index (χ4v) is 8.35. The number of carboxylic acid groups (broad SMARTS) is 2. The topological polar surface area (TPSA) is 189 Å². The lowest BCUT2D eigenvalue weighted by molar-refractivity contribution is -0.385. The molecular formula is C41H46N4O10S2. The zero-order valence-electron chi connectivity index (χ0n) is 32.5. The highest BCUT2D eigenvalue weighted by molar-refractivity contribution is 7.99. The van der Waals surface area contributed by atoms with Gasteiger partial charge in [0, 0.05) is 82.1 Å². The molecule has 0 spiro atoms. The van der Waals surface area contributed by atoms with Crippen molar-refractivity contribution in [1.82, 2.24) is 15.1 Å². The lowest BCUT2D eigenvalue weighted by Crippen LogP contribution is -2.46. The minimum atomic E-state index is -1.26. The molecule has 14 nitrogen and oxygen atoms in total. The van der Waals surface area contributed by atoms with Gasteiger partial charge in [-0.3, -0.25) is 15.0 Å². The van der Waals surface area contributed by atoms with Crippen molar-refractivity contribution < 1.29 is 43.8 Å². The number of para-hydroxylation sites is 1. The molecule has 1 atom stereocenters. The molecular weight excluding hydrogens is 773 g/mol. The summed E-state index contributed by atoms with van der Waals surface area (Å²) in [6, 6.07) is 22.4. The molecule has 16 heteroatoms. The Bertz CT molecular complexity index is 2040. The standard InChI is InChI=1S/C20H24N2S2.C17H18N2O6.C4H4O4/c1-21-9-11-22(12-10-21)18-13-15-5-3-4-6-19(15)24-20-8-7-16(23-2)14-17(18)20;1-9-13(16(20)24-3)15(14(10(2)18-9)17(21)25-4)11-7-5-6-8-12(11)19(22)23;5-3(6)1-2-4(7)8/h3-8,14,18H,9-13H2,1-2H3;5-8,15,18H,1-4H3;1-2H,(H,5,6)(H,7,8). The summed E-state index contributed by atoms with van der Waals surface area (Å²) in [5.74, 6) is -4.84. The first-order valence-electron chi connectivity index (χ1n) is 17.8. The van der Waals surface area contributed by atoms with Crippen molar-refractivity contribution in [3.63, 3.8) is 0 Å². The molecule has 3 aliphatic rings. The first-order chi connectivity index (χ1) is 27.2. The number of methoxy groups -OCH3 is 2. The van der Waals surface area contributed by atoms with Crippen LogP contribution in [0.3, 0.4) is 0 Å². The number of allylic oxidation sites excluding steroid dienone is 2. The van der Waals surface area contributed by atoms with Crippen LogP contribution >= 0.6 is 23.5 Å². The zero-order chi connectivity index (χ0) is 41.8. The number of carboxylic acids is 2. The number of benzene rings is 3. The summed E-state index contributed by atoms with van der Waals surface area (Å²) in [6.45, 7) is 7.96. The fraction of sp³-hybridized carbons (Fsp3) is 0.317. The van der Waals surface area contributed by atoms with Gasteiger partial charge in [-0.25, -0.2) is 19.2 Å². The Balaban J connectivity index is 0.000000213. The molecule has 302 valence electrons. The number of nitro benzene ring substituents is 1. The SMILES string of the molecule is COC(=O)C1=C(C)NC(C)=C(C(=O)OC)C1c1ccccc1[N+](=O)[O-].CSc1ccc2c(c1)C(N1CCN(C)CC1)Cc1ccccc1S2.O=C(O)C=CC(=O)O. The molecule has 0 amide bonds. The van der Waals surface area contributed by atoms with E-state index in [0.29, 0.717) is 29.6 Å². The number of aliphatic carboxylic acids is 2. The van der Waals surface area contributed by atoms with Crippen LogP contribution in [-0.2, 0) is 35.1 Å². The average Bonchev–Trinajstić information content (AvgIpc) is 3.36. The van der Waals surface area contributed by atoms with Crippen LogP contribution in [0.1, 0.15) is 42.5 Å². The van der Waals surface area contributed by atoms with Crippen LogP contribution in [-0.4, -0.2) is 103 Å². The van der Waals surface area contributed by atoms with Gasteiger partial charge in [0.2, 0.25) is 0 Å². The van der Waals surface area contributed by atoms with Crippen molar-refractivity contribution in [3.8, 4) is 0 Å². The highest BCUT2D eigenvalue weighted by atomic mass is 32.2. The molecule has 1 fully saturated rings. The highest BCUT2D eigenvalue weighted by Gasteiger charge is 2.40. The largest absolute Gasteiger partial charge is 0.478 e. The van der Waals surface area contributed by atoms with Crippen molar-refractivity contribution >= 4 is 53.1 Å². The summed E-state index contributed by atoms with van der Waals surface area (Å²) in [5, 5.41) is 30.0. The van der Waals surface area contributed by atoms with E-state index in [1.807, 2.05) is 23.5 Å². The third-order valence-corrected chi connectivity index (χ3v) is 11.5. The third kappa shape index (κ3) is 11.3. The predicted molar refractivity (Wildman–Crippen MR) is 217 cm³/mol. The number of carbonyl (C=O) groups is 4. The van der Waals surface area contributed by atoms with E-state index >= 15 is 0 Å². The van der Waals surface area contributed by atoms with Crippen LogP contribution in [0.2, 0.25) is 0 Å². The van der Waals surface area contributed by atoms with Gasteiger partial charge in [-0.1, -0.05) is 48.2 Å². The number of ether oxygens (including phenoxy) is 2. The number of carbonyl (C=O) groups excluding carboxylic acids is 2. The fourth-order valence-electron chi connectivity index (χ4n) is 6.78. The van der Waals surface area contributed by atoms with Gasteiger partial charge in [0.25, 0.3) is 5.69 Å². The molecule has 1 saturated heterocycles. The van der Waals surface area contributed by atoms with Gasteiger partial charge in [-0.05, 0) is 69.0 Å². The second-order valence-corrected chi connectivity index (χ2v) is 15.1. The van der Waals surface area contributed by atoms with Crippen LogP contribution in [0, 0.1) is 10.1 Å². The van der Waals surface area contributed by atoms with Gasteiger partial charge in [0.05, 0.1) is 36.2 Å². The maximum absolute atomic E-state index is 12.3. The summed E-state index contributed by atoms with van der Waals surface area (Å²) < 4.78 is 9.66. The Hall–Kier alpha value is -5.42. The minimum Gasteiger partial charge on any atom is -0.478 e. The monoisotopic (exact) mass is 818 g/mol. The molecule has 3 heterocycles. The van der Waals surface area contributed by atoms with Gasteiger partial charge in [0.1, 0.15) is 0 Å². The Morgan fingerprint density at radius 2 is 1.40 bits per heavy atom. The minimum absolute atomic E-state index is 0.128. The number of nitrogens with zero attached hydrogens (tertiary/aromatic N) is 3. The Morgan fingerprint density at radius 3 is 1.95 bits per heavy atom. The molecule has 0 bridgehead atoms. The molecule has 3 aromatic carbocycles. The maximum atomic E-state index is 12.3. The number of hydrogen-bond acceptors (Lipinski definition) is 13. The zero-order valence-corrected chi connectivity index (χ0v) is 34.1. The maximum Gasteiger partial charge on any atom is 0.336 e. The number of nitrogens with one attached hydrogen (secondary N) is 1. The molecule has 57 heavy (non-hydrogen) atoms. The molecule has 0 saturated carbocycles. The van der Waals surface area contributed by atoms with Gasteiger partial charge in [-0.2, -0.15) is 0 Å². The van der Waals surface area contributed by atoms with Crippen molar-refractivity contribution in [1.29, 1.82) is 0 Å². The van der Waals surface area contributed by atoms with E-state index in [0.717, 1.165) is 19.5 Å². The number of hydrogen-bond donors (Lipinski definition) is 3. The van der Waals surface area contributed by atoms with Crippen molar-refractivity contribution in [3.05, 3.63) is 128 Å². The number of thioether (sulfide) groups is 1. The first kappa shape index (κ1) is 44.3. The van der Waals surface area contributed by atoms with Gasteiger partial charge in [0.15, 0.2) is 0 Å². The number of likely N-dealkylation sites (N-methyl/N-ethyl adjacent to an activating group) is 1. The Kier molecular flexibility index (Phi) is 16.1. The van der Waals surface area contributed by atoms with E-state index in [2.05, 4.69) is 70.9 Å². The molecule has 0 radical (unpaired) electrons. The molecule has 0 aliphatic carbocycles. The van der Waals surface area contributed by atoms with Crippen LogP contribution in [0.5, 0.6) is 0 Å². The number of nitro groups is 1. The van der Waals surface area contributed by atoms with Crippen molar-refractivity contribution in [2.24, 2.45) is 0 Å². The number of esters is 2. The van der Waals surface area contributed by atoms with E-state index in [1.54, 1.807) is 19.9 Å². The van der Waals surface area contributed by atoms with Crippen molar-refractivity contribution in [2.75, 3.05) is 53.7 Å². The molecule has 6 rings (SSSR count). The summed E-state index contributed by atoms with van der Waals surface area (Å²) in [4.78, 5) is 64.1. The Morgan fingerprint density at radius 1 is 0.842 bits per heavy atom. The molecule has 3 aliphatic heterocycles. The highest BCUT2D eigenvalue weighted by Crippen LogP contribution is 2.45. The van der Waals surface area contributed by atoms with Crippen LogP contribution < -0.4 is 5.32 Å².